The lowest BCUT2D eigenvalue weighted by Crippen LogP contribution is -2.52. The van der Waals surface area contributed by atoms with Gasteiger partial charge in [-0.25, -0.2) is 13.1 Å². The van der Waals surface area contributed by atoms with Gasteiger partial charge in [-0.1, -0.05) is 25.6 Å². The summed E-state index contributed by atoms with van der Waals surface area (Å²) in [5.74, 6) is 0.121. The Morgan fingerprint density at radius 3 is 2.36 bits per heavy atom. The van der Waals surface area contributed by atoms with Gasteiger partial charge >= 0.3 is 0 Å². The molecule has 6 heteroatoms. The molecule has 0 saturated heterocycles. The first-order valence-corrected chi connectivity index (χ1v) is 6.59. The zero-order valence-electron chi connectivity index (χ0n) is 8.83. The highest BCUT2D eigenvalue weighted by molar-refractivity contribution is 7.89. The summed E-state index contributed by atoms with van der Waals surface area (Å²) in [7, 11) is -3.26. The molecule has 0 aliphatic rings. The van der Waals surface area contributed by atoms with Crippen LogP contribution in [-0.4, -0.2) is 24.7 Å². The van der Waals surface area contributed by atoms with Crippen LogP contribution in [-0.2, 0) is 10.0 Å². The maximum absolute atomic E-state index is 11.5. The summed E-state index contributed by atoms with van der Waals surface area (Å²) in [6.45, 7) is 5.24. The highest BCUT2D eigenvalue weighted by Crippen LogP contribution is 2.06. The molecule has 0 aromatic rings. The SMILES string of the molecule is CCCCS(=O)(=O)NC(C)(C)C(N)=S. The van der Waals surface area contributed by atoms with Crippen molar-refractivity contribution in [3.63, 3.8) is 0 Å². The highest BCUT2D eigenvalue weighted by Gasteiger charge is 2.26. The first-order valence-electron chi connectivity index (χ1n) is 4.53. The third-order valence-corrected chi connectivity index (χ3v) is 3.95. The number of nitrogens with two attached hydrogens (primary N) is 1. The largest absolute Gasteiger partial charge is 0.392 e. The first kappa shape index (κ1) is 13.8. The molecule has 3 N–H and O–H groups in total. The van der Waals surface area contributed by atoms with E-state index in [9.17, 15) is 8.42 Å². The van der Waals surface area contributed by atoms with Gasteiger partial charge in [0.2, 0.25) is 10.0 Å². The van der Waals surface area contributed by atoms with E-state index in [4.69, 9.17) is 18.0 Å². The topological polar surface area (TPSA) is 72.2 Å². The fourth-order valence-corrected chi connectivity index (χ4v) is 2.60. The van der Waals surface area contributed by atoms with E-state index in [-0.39, 0.29) is 10.7 Å². The van der Waals surface area contributed by atoms with Gasteiger partial charge in [0.05, 0.1) is 16.3 Å². The van der Waals surface area contributed by atoms with E-state index in [0.717, 1.165) is 6.42 Å². The van der Waals surface area contributed by atoms with E-state index >= 15 is 0 Å². The molecule has 14 heavy (non-hydrogen) atoms. The number of sulfonamides is 1. The second-order valence-electron chi connectivity index (χ2n) is 3.76. The van der Waals surface area contributed by atoms with Crippen molar-refractivity contribution in [1.82, 2.24) is 4.72 Å². The molecule has 0 fully saturated rings. The van der Waals surface area contributed by atoms with Crippen molar-refractivity contribution in [2.24, 2.45) is 5.73 Å². The molecule has 0 saturated carbocycles. The summed E-state index contributed by atoms with van der Waals surface area (Å²) >= 11 is 4.76. The van der Waals surface area contributed by atoms with Crippen LogP contribution in [0.25, 0.3) is 0 Å². The van der Waals surface area contributed by atoms with E-state index in [0.29, 0.717) is 6.42 Å². The summed E-state index contributed by atoms with van der Waals surface area (Å²) in [4.78, 5) is 0.151. The average Bonchev–Trinajstić information content (AvgIpc) is 1.99. The van der Waals surface area contributed by atoms with Gasteiger partial charge in [0.1, 0.15) is 0 Å². The van der Waals surface area contributed by atoms with Gasteiger partial charge in [0, 0.05) is 0 Å². The summed E-state index contributed by atoms with van der Waals surface area (Å²) < 4.78 is 25.4. The van der Waals surface area contributed by atoms with Gasteiger partial charge in [0.25, 0.3) is 0 Å². The lowest BCUT2D eigenvalue weighted by atomic mass is 10.1. The molecule has 0 aliphatic heterocycles. The zero-order valence-corrected chi connectivity index (χ0v) is 10.5. The summed E-state index contributed by atoms with van der Waals surface area (Å²) in [5.41, 5.74) is 4.57. The summed E-state index contributed by atoms with van der Waals surface area (Å²) in [6, 6.07) is 0. The van der Waals surface area contributed by atoms with Crippen LogP contribution in [0.15, 0.2) is 0 Å². The quantitative estimate of drug-likeness (QED) is 0.671. The van der Waals surface area contributed by atoms with Crippen molar-refractivity contribution in [2.75, 3.05) is 5.75 Å². The van der Waals surface area contributed by atoms with Crippen LogP contribution < -0.4 is 10.5 Å². The molecule has 0 amide bonds. The number of hydrogen-bond donors (Lipinski definition) is 2. The van der Waals surface area contributed by atoms with Crippen molar-refractivity contribution in [2.45, 2.75) is 39.2 Å². The Bertz CT molecular complexity index is 296. The van der Waals surface area contributed by atoms with Crippen molar-refractivity contribution < 1.29 is 8.42 Å². The number of rotatable bonds is 6. The Labute approximate surface area is 91.3 Å². The second kappa shape index (κ2) is 5.04. The van der Waals surface area contributed by atoms with Crippen molar-refractivity contribution in [1.29, 1.82) is 0 Å². The predicted molar refractivity (Wildman–Crippen MR) is 62.7 cm³/mol. The molecule has 4 nitrogen and oxygen atoms in total. The number of nitrogens with one attached hydrogen (secondary N) is 1. The van der Waals surface area contributed by atoms with Crippen molar-refractivity contribution in [3.05, 3.63) is 0 Å². The van der Waals surface area contributed by atoms with Gasteiger partial charge in [-0.3, -0.25) is 0 Å². The van der Waals surface area contributed by atoms with E-state index in [1.54, 1.807) is 13.8 Å². The van der Waals surface area contributed by atoms with Gasteiger partial charge in [-0.15, -0.1) is 0 Å². The van der Waals surface area contributed by atoms with Crippen LogP contribution in [0.1, 0.15) is 33.6 Å². The minimum Gasteiger partial charge on any atom is -0.392 e. The molecule has 0 rings (SSSR count). The molecule has 0 aromatic heterocycles. The second-order valence-corrected chi connectivity index (χ2v) is 6.05. The van der Waals surface area contributed by atoms with Crippen LogP contribution in [0.4, 0.5) is 0 Å². The minimum absolute atomic E-state index is 0.121. The van der Waals surface area contributed by atoms with E-state index < -0.39 is 15.6 Å². The Hall–Kier alpha value is -0.200. The molecule has 0 aromatic carbocycles. The zero-order chi connectivity index (χ0) is 11.4. The van der Waals surface area contributed by atoms with Gasteiger partial charge in [-0.2, -0.15) is 0 Å². The minimum atomic E-state index is -3.26. The van der Waals surface area contributed by atoms with E-state index in [1.165, 1.54) is 0 Å². The van der Waals surface area contributed by atoms with E-state index in [2.05, 4.69) is 4.72 Å². The number of thiocarbonyl (C=S) groups is 1. The molecular formula is C8H18N2O2S2. The molecule has 0 aliphatic carbocycles. The van der Waals surface area contributed by atoms with Crippen LogP contribution in [0.3, 0.4) is 0 Å². The first-order chi connectivity index (χ1) is 6.21. The lowest BCUT2D eigenvalue weighted by molar-refractivity contribution is 0.543. The summed E-state index contributed by atoms with van der Waals surface area (Å²) in [6.07, 6.45) is 1.48. The molecule has 0 unspecified atom stereocenters. The predicted octanol–water partition coefficient (Wildman–Crippen LogP) is 0.771. The standard InChI is InChI=1S/C8H18N2O2S2/c1-4-5-6-14(11,12)10-8(2,3)7(9)13/h10H,4-6H2,1-3H3,(H2,9,13). The number of unbranched alkanes of at least 4 members (excludes halogenated alkanes) is 1. The monoisotopic (exact) mass is 238 g/mol. The summed E-state index contributed by atoms with van der Waals surface area (Å²) in [5, 5.41) is 0. The molecule has 84 valence electrons. The van der Waals surface area contributed by atoms with Crippen LogP contribution in [0.2, 0.25) is 0 Å². The van der Waals surface area contributed by atoms with Crippen molar-refractivity contribution >= 4 is 27.2 Å². The van der Waals surface area contributed by atoms with Crippen LogP contribution >= 0.6 is 12.2 Å². The van der Waals surface area contributed by atoms with Crippen LogP contribution in [0.5, 0.6) is 0 Å². The Kier molecular flexibility index (Phi) is 4.97. The fourth-order valence-electron chi connectivity index (χ4n) is 0.824. The Morgan fingerprint density at radius 1 is 1.50 bits per heavy atom. The maximum Gasteiger partial charge on any atom is 0.212 e. The van der Waals surface area contributed by atoms with E-state index in [1.807, 2.05) is 6.92 Å². The smallest absolute Gasteiger partial charge is 0.212 e. The van der Waals surface area contributed by atoms with Gasteiger partial charge in [0.15, 0.2) is 0 Å². The maximum atomic E-state index is 11.5. The fraction of sp³-hybridized carbons (Fsp3) is 0.875. The molecular weight excluding hydrogens is 220 g/mol. The van der Waals surface area contributed by atoms with Gasteiger partial charge < -0.3 is 5.73 Å². The molecule has 0 bridgehead atoms. The third-order valence-electron chi connectivity index (χ3n) is 1.79. The van der Waals surface area contributed by atoms with Gasteiger partial charge in [-0.05, 0) is 20.3 Å². The van der Waals surface area contributed by atoms with Crippen LogP contribution in [0, 0.1) is 0 Å². The van der Waals surface area contributed by atoms with Crippen molar-refractivity contribution in [3.8, 4) is 0 Å². The lowest BCUT2D eigenvalue weighted by Gasteiger charge is -2.24. The molecule has 0 radical (unpaired) electrons. The number of hydrogen-bond acceptors (Lipinski definition) is 3. The average molecular weight is 238 g/mol. The highest BCUT2D eigenvalue weighted by atomic mass is 32.2. The normalized spacial score (nSPS) is 12.8. The Balaban J connectivity index is 4.43. The molecule has 0 heterocycles. The molecule has 0 spiro atoms. The molecule has 0 atom stereocenters. The third kappa shape index (κ3) is 4.88. The Morgan fingerprint density at radius 2 is 2.00 bits per heavy atom.